The van der Waals surface area contributed by atoms with Crippen molar-refractivity contribution in [3.8, 4) is 5.75 Å². The molecule has 128 valence electrons. The molecule has 0 saturated carbocycles. The van der Waals surface area contributed by atoms with Crippen LogP contribution in [0.25, 0.3) is 0 Å². The summed E-state index contributed by atoms with van der Waals surface area (Å²) in [6.45, 7) is 6.39. The van der Waals surface area contributed by atoms with E-state index in [0.717, 1.165) is 34.7 Å². The summed E-state index contributed by atoms with van der Waals surface area (Å²) in [5.41, 5.74) is 3.36. The van der Waals surface area contributed by atoms with Crippen LogP contribution in [0.4, 0.5) is 0 Å². The maximum Gasteiger partial charge on any atom is 0.260 e. The lowest BCUT2D eigenvalue weighted by Gasteiger charge is -2.16. The van der Waals surface area contributed by atoms with Gasteiger partial charge in [0.1, 0.15) is 5.75 Å². The largest absolute Gasteiger partial charge is 0.481 e. The van der Waals surface area contributed by atoms with Crippen LogP contribution in [-0.2, 0) is 11.2 Å². The van der Waals surface area contributed by atoms with Crippen molar-refractivity contribution < 1.29 is 9.53 Å². The predicted molar refractivity (Wildman–Crippen MR) is 98.8 cm³/mol. The zero-order valence-electron chi connectivity index (χ0n) is 14.4. The van der Waals surface area contributed by atoms with Crippen LogP contribution in [0.1, 0.15) is 30.0 Å². The van der Waals surface area contributed by atoms with Crippen molar-refractivity contribution >= 4 is 17.5 Å². The third-order valence-corrected chi connectivity index (χ3v) is 4.12. The minimum Gasteiger partial charge on any atom is -0.481 e. The molecule has 2 aromatic rings. The standard InChI is InChI=1S/C20H24ClNO2/c1-14-6-7-15(2)19(13-14)24-16(3)20(23)22-12-4-5-17-8-10-18(21)11-9-17/h6-11,13,16H,4-5,12H2,1-3H3,(H,22,23)/t16-/m0/s1. The second-order valence-corrected chi connectivity index (χ2v) is 6.49. The van der Waals surface area contributed by atoms with Gasteiger partial charge in [0.15, 0.2) is 6.10 Å². The fourth-order valence-corrected chi connectivity index (χ4v) is 2.50. The summed E-state index contributed by atoms with van der Waals surface area (Å²) in [6, 6.07) is 13.8. The number of aryl methyl sites for hydroxylation is 3. The lowest BCUT2D eigenvalue weighted by atomic mass is 10.1. The molecule has 3 nitrogen and oxygen atoms in total. The third-order valence-electron chi connectivity index (χ3n) is 3.87. The van der Waals surface area contributed by atoms with E-state index in [0.29, 0.717) is 6.54 Å². The normalized spacial score (nSPS) is 11.8. The molecule has 0 aliphatic carbocycles. The minimum absolute atomic E-state index is 0.0907. The first-order valence-electron chi connectivity index (χ1n) is 8.22. The number of amides is 1. The van der Waals surface area contributed by atoms with Gasteiger partial charge in [-0.3, -0.25) is 4.79 Å². The Bertz CT molecular complexity index is 683. The number of carbonyl (C=O) groups excluding carboxylic acids is 1. The van der Waals surface area contributed by atoms with Gasteiger partial charge in [-0.1, -0.05) is 35.9 Å². The molecule has 0 aliphatic heterocycles. The second kappa shape index (κ2) is 8.74. The van der Waals surface area contributed by atoms with Gasteiger partial charge in [-0.25, -0.2) is 0 Å². The zero-order chi connectivity index (χ0) is 17.5. The van der Waals surface area contributed by atoms with Gasteiger partial charge < -0.3 is 10.1 Å². The predicted octanol–water partition coefficient (Wildman–Crippen LogP) is 4.47. The summed E-state index contributed by atoms with van der Waals surface area (Å²) in [5.74, 6) is 0.672. The number of rotatable bonds is 7. The van der Waals surface area contributed by atoms with E-state index >= 15 is 0 Å². The molecule has 1 atom stereocenters. The molecule has 0 radical (unpaired) electrons. The van der Waals surface area contributed by atoms with E-state index in [1.807, 2.05) is 56.3 Å². The number of carbonyl (C=O) groups is 1. The van der Waals surface area contributed by atoms with Gasteiger partial charge in [-0.15, -0.1) is 0 Å². The highest BCUT2D eigenvalue weighted by Crippen LogP contribution is 2.20. The SMILES string of the molecule is Cc1ccc(C)c(O[C@@H](C)C(=O)NCCCc2ccc(Cl)cc2)c1. The smallest absolute Gasteiger partial charge is 0.260 e. The first kappa shape index (κ1) is 18.3. The van der Waals surface area contributed by atoms with Crippen LogP contribution in [0.3, 0.4) is 0 Å². The number of ether oxygens (including phenoxy) is 1. The zero-order valence-corrected chi connectivity index (χ0v) is 15.2. The van der Waals surface area contributed by atoms with Crippen LogP contribution in [-0.4, -0.2) is 18.6 Å². The van der Waals surface area contributed by atoms with E-state index in [2.05, 4.69) is 5.32 Å². The third kappa shape index (κ3) is 5.57. The summed E-state index contributed by atoms with van der Waals surface area (Å²) in [7, 11) is 0. The van der Waals surface area contributed by atoms with Gasteiger partial charge in [-0.2, -0.15) is 0 Å². The monoisotopic (exact) mass is 345 g/mol. The van der Waals surface area contributed by atoms with E-state index in [1.54, 1.807) is 6.92 Å². The van der Waals surface area contributed by atoms with Gasteiger partial charge in [0.25, 0.3) is 5.91 Å². The molecule has 0 aromatic heterocycles. The van der Waals surface area contributed by atoms with Crippen LogP contribution in [0.5, 0.6) is 5.75 Å². The molecule has 0 fully saturated rings. The summed E-state index contributed by atoms with van der Waals surface area (Å²) in [5, 5.41) is 3.67. The van der Waals surface area contributed by atoms with Gasteiger partial charge in [0.05, 0.1) is 0 Å². The second-order valence-electron chi connectivity index (χ2n) is 6.05. The molecular formula is C20H24ClNO2. The summed E-state index contributed by atoms with van der Waals surface area (Å²) in [6.07, 6.45) is 1.27. The van der Waals surface area contributed by atoms with E-state index < -0.39 is 6.10 Å². The molecule has 2 rings (SSSR count). The molecular weight excluding hydrogens is 322 g/mol. The molecule has 0 aliphatic rings. The van der Waals surface area contributed by atoms with Gasteiger partial charge in [0, 0.05) is 11.6 Å². The van der Waals surface area contributed by atoms with Gasteiger partial charge >= 0.3 is 0 Å². The van der Waals surface area contributed by atoms with E-state index in [1.165, 1.54) is 5.56 Å². The number of benzene rings is 2. The average Bonchev–Trinajstić information content (AvgIpc) is 2.56. The van der Waals surface area contributed by atoms with Crippen LogP contribution in [0.15, 0.2) is 42.5 Å². The van der Waals surface area contributed by atoms with Crippen molar-refractivity contribution in [2.24, 2.45) is 0 Å². The Hall–Kier alpha value is -2.00. The average molecular weight is 346 g/mol. The Morgan fingerprint density at radius 3 is 2.58 bits per heavy atom. The Morgan fingerprint density at radius 1 is 1.17 bits per heavy atom. The number of halogens is 1. The maximum atomic E-state index is 12.1. The molecule has 2 aromatic carbocycles. The summed E-state index contributed by atoms with van der Waals surface area (Å²) in [4.78, 5) is 12.1. The molecule has 0 heterocycles. The van der Waals surface area contributed by atoms with E-state index in [4.69, 9.17) is 16.3 Å². The van der Waals surface area contributed by atoms with Crippen molar-refractivity contribution in [3.63, 3.8) is 0 Å². The molecule has 1 amide bonds. The summed E-state index contributed by atoms with van der Waals surface area (Å²) >= 11 is 5.87. The van der Waals surface area contributed by atoms with Gasteiger partial charge in [-0.05, 0) is 68.5 Å². The lowest BCUT2D eigenvalue weighted by molar-refractivity contribution is -0.127. The first-order chi connectivity index (χ1) is 11.5. The molecule has 0 bridgehead atoms. The number of hydrogen-bond acceptors (Lipinski definition) is 2. The van der Waals surface area contributed by atoms with Gasteiger partial charge in [0.2, 0.25) is 0 Å². The molecule has 0 unspecified atom stereocenters. The Morgan fingerprint density at radius 2 is 1.88 bits per heavy atom. The Balaban J connectivity index is 1.75. The maximum absolute atomic E-state index is 12.1. The molecule has 1 N–H and O–H groups in total. The molecule has 24 heavy (non-hydrogen) atoms. The molecule has 0 saturated heterocycles. The molecule has 0 spiro atoms. The first-order valence-corrected chi connectivity index (χ1v) is 8.59. The Kier molecular flexibility index (Phi) is 6.68. The quantitative estimate of drug-likeness (QED) is 0.752. The highest BCUT2D eigenvalue weighted by Gasteiger charge is 2.15. The van der Waals surface area contributed by atoms with Crippen LogP contribution in [0, 0.1) is 13.8 Å². The minimum atomic E-state index is -0.513. The fourth-order valence-electron chi connectivity index (χ4n) is 2.38. The number of nitrogens with one attached hydrogen (secondary N) is 1. The van der Waals surface area contributed by atoms with Crippen molar-refractivity contribution in [1.82, 2.24) is 5.32 Å². The Labute approximate surface area is 149 Å². The fraction of sp³-hybridized carbons (Fsp3) is 0.350. The van der Waals surface area contributed by atoms with Crippen LogP contribution < -0.4 is 10.1 Å². The topological polar surface area (TPSA) is 38.3 Å². The lowest BCUT2D eigenvalue weighted by Crippen LogP contribution is -2.37. The molecule has 4 heteroatoms. The van der Waals surface area contributed by atoms with Crippen LogP contribution >= 0.6 is 11.6 Å². The highest BCUT2D eigenvalue weighted by atomic mass is 35.5. The summed E-state index contributed by atoms with van der Waals surface area (Å²) < 4.78 is 5.79. The highest BCUT2D eigenvalue weighted by molar-refractivity contribution is 6.30. The van der Waals surface area contributed by atoms with Crippen molar-refractivity contribution in [2.45, 2.75) is 39.7 Å². The van der Waals surface area contributed by atoms with Crippen molar-refractivity contribution in [3.05, 3.63) is 64.2 Å². The van der Waals surface area contributed by atoms with E-state index in [-0.39, 0.29) is 5.91 Å². The van der Waals surface area contributed by atoms with Crippen molar-refractivity contribution in [2.75, 3.05) is 6.54 Å². The van der Waals surface area contributed by atoms with Crippen LogP contribution in [0.2, 0.25) is 5.02 Å². The van der Waals surface area contributed by atoms with E-state index in [9.17, 15) is 4.79 Å². The number of hydrogen-bond donors (Lipinski definition) is 1. The van der Waals surface area contributed by atoms with Crippen molar-refractivity contribution in [1.29, 1.82) is 0 Å².